The highest BCUT2D eigenvalue weighted by Crippen LogP contribution is 2.20. The van der Waals surface area contributed by atoms with E-state index >= 15 is 0 Å². The SMILES string of the molecule is Cc1cccc(N2CCN(c3ncc(C(=O)Nc4ccccc4C#N)cn3)CC2)c1. The molecule has 0 unspecified atom stereocenters. The van der Waals surface area contributed by atoms with Gasteiger partial charge in [-0.25, -0.2) is 9.97 Å². The zero-order valence-corrected chi connectivity index (χ0v) is 16.7. The molecular weight excluding hydrogens is 376 g/mol. The third-order valence-electron chi connectivity index (χ3n) is 5.13. The molecule has 2 aromatic carbocycles. The van der Waals surface area contributed by atoms with E-state index in [0.717, 1.165) is 26.2 Å². The summed E-state index contributed by atoms with van der Waals surface area (Å²) in [5.41, 5.74) is 3.73. The van der Waals surface area contributed by atoms with Gasteiger partial charge in [0.25, 0.3) is 5.91 Å². The van der Waals surface area contributed by atoms with E-state index in [9.17, 15) is 4.79 Å². The van der Waals surface area contributed by atoms with Crippen LogP contribution in [-0.4, -0.2) is 42.1 Å². The van der Waals surface area contributed by atoms with Crippen LogP contribution >= 0.6 is 0 Å². The van der Waals surface area contributed by atoms with Crippen LogP contribution in [-0.2, 0) is 0 Å². The molecule has 0 aliphatic carbocycles. The van der Waals surface area contributed by atoms with Gasteiger partial charge in [-0.3, -0.25) is 4.79 Å². The van der Waals surface area contributed by atoms with E-state index in [4.69, 9.17) is 5.26 Å². The summed E-state index contributed by atoms with van der Waals surface area (Å²) >= 11 is 0. The van der Waals surface area contributed by atoms with Crippen molar-refractivity contribution in [1.29, 1.82) is 5.26 Å². The number of aryl methyl sites for hydroxylation is 1. The Kier molecular flexibility index (Phi) is 5.57. The number of carbonyl (C=O) groups is 1. The molecule has 1 amide bonds. The number of aromatic nitrogens is 2. The Balaban J connectivity index is 1.38. The summed E-state index contributed by atoms with van der Waals surface area (Å²) in [5, 5.41) is 11.9. The Morgan fingerprint density at radius 1 is 1.00 bits per heavy atom. The van der Waals surface area contributed by atoms with E-state index in [1.165, 1.54) is 23.6 Å². The molecule has 4 rings (SSSR count). The van der Waals surface area contributed by atoms with Crippen LogP contribution in [0.25, 0.3) is 0 Å². The van der Waals surface area contributed by atoms with Crippen LogP contribution in [0.5, 0.6) is 0 Å². The number of hydrogen-bond donors (Lipinski definition) is 1. The van der Waals surface area contributed by atoms with E-state index < -0.39 is 0 Å². The lowest BCUT2D eigenvalue weighted by Crippen LogP contribution is -2.47. The molecule has 30 heavy (non-hydrogen) atoms. The van der Waals surface area contributed by atoms with Crippen molar-refractivity contribution >= 4 is 23.2 Å². The van der Waals surface area contributed by atoms with Gasteiger partial charge in [0.2, 0.25) is 5.95 Å². The molecule has 150 valence electrons. The molecule has 1 N–H and O–H groups in total. The van der Waals surface area contributed by atoms with Gasteiger partial charge in [0, 0.05) is 44.3 Å². The lowest BCUT2D eigenvalue weighted by molar-refractivity contribution is 0.102. The lowest BCUT2D eigenvalue weighted by atomic mass is 10.2. The molecule has 0 radical (unpaired) electrons. The fourth-order valence-electron chi connectivity index (χ4n) is 3.48. The van der Waals surface area contributed by atoms with Crippen LogP contribution in [0.1, 0.15) is 21.5 Å². The van der Waals surface area contributed by atoms with Gasteiger partial charge < -0.3 is 15.1 Å². The lowest BCUT2D eigenvalue weighted by Gasteiger charge is -2.36. The van der Waals surface area contributed by atoms with Crippen molar-refractivity contribution in [3.8, 4) is 6.07 Å². The Hall–Kier alpha value is -3.92. The van der Waals surface area contributed by atoms with Crippen LogP contribution in [0.2, 0.25) is 0 Å². The van der Waals surface area contributed by atoms with Crippen molar-refractivity contribution < 1.29 is 4.79 Å². The standard InChI is InChI=1S/C23H22N6O/c1-17-5-4-7-20(13-17)28-9-11-29(12-10-28)23-25-15-19(16-26-23)22(30)27-21-8-3-2-6-18(21)14-24/h2-8,13,15-16H,9-12H2,1H3,(H,27,30). The van der Waals surface area contributed by atoms with Crippen LogP contribution in [0.4, 0.5) is 17.3 Å². The largest absolute Gasteiger partial charge is 0.368 e. The molecular formula is C23H22N6O. The molecule has 1 saturated heterocycles. The van der Waals surface area contributed by atoms with Gasteiger partial charge >= 0.3 is 0 Å². The van der Waals surface area contributed by atoms with Crippen LogP contribution < -0.4 is 15.1 Å². The minimum atomic E-state index is -0.339. The fraction of sp³-hybridized carbons (Fsp3) is 0.217. The van der Waals surface area contributed by atoms with E-state index in [-0.39, 0.29) is 5.91 Å². The summed E-state index contributed by atoms with van der Waals surface area (Å²) in [6, 6.07) is 17.5. The second kappa shape index (κ2) is 8.62. The molecule has 7 nitrogen and oxygen atoms in total. The quantitative estimate of drug-likeness (QED) is 0.726. The minimum Gasteiger partial charge on any atom is -0.368 e. The number of para-hydroxylation sites is 1. The van der Waals surface area contributed by atoms with Crippen molar-refractivity contribution in [2.75, 3.05) is 41.3 Å². The number of piperazine rings is 1. The van der Waals surface area contributed by atoms with E-state index in [1.54, 1.807) is 24.3 Å². The summed E-state index contributed by atoms with van der Waals surface area (Å²) in [7, 11) is 0. The predicted molar refractivity (Wildman–Crippen MR) is 117 cm³/mol. The number of nitrogens with zero attached hydrogens (tertiary/aromatic N) is 5. The summed E-state index contributed by atoms with van der Waals surface area (Å²) in [5.74, 6) is 0.279. The summed E-state index contributed by atoms with van der Waals surface area (Å²) < 4.78 is 0. The molecule has 3 aromatic rings. The van der Waals surface area contributed by atoms with Gasteiger partial charge in [0.15, 0.2) is 0 Å². The topological polar surface area (TPSA) is 85.1 Å². The number of anilines is 3. The summed E-state index contributed by atoms with van der Waals surface area (Å²) in [4.78, 5) is 25.7. The monoisotopic (exact) mass is 398 g/mol. The number of hydrogen-bond acceptors (Lipinski definition) is 6. The van der Waals surface area contributed by atoms with Crippen LogP contribution in [0.3, 0.4) is 0 Å². The predicted octanol–water partition coefficient (Wildman–Crippen LogP) is 3.24. The highest BCUT2D eigenvalue weighted by molar-refractivity contribution is 6.04. The second-order valence-corrected chi connectivity index (χ2v) is 7.20. The van der Waals surface area contributed by atoms with Gasteiger partial charge in [0.1, 0.15) is 6.07 Å². The Morgan fingerprint density at radius 2 is 1.70 bits per heavy atom. The maximum Gasteiger partial charge on any atom is 0.258 e. The second-order valence-electron chi connectivity index (χ2n) is 7.20. The molecule has 1 aliphatic heterocycles. The first kappa shape index (κ1) is 19.4. The van der Waals surface area contributed by atoms with Crippen LogP contribution in [0, 0.1) is 18.3 Å². The summed E-state index contributed by atoms with van der Waals surface area (Å²) in [6.07, 6.45) is 3.05. The molecule has 0 atom stereocenters. The van der Waals surface area contributed by atoms with Crippen LogP contribution in [0.15, 0.2) is 60.9 Å². The molecule has 7 heteroatoms. The minimum absolute atomic E-state index is 0.339. The van der Waals surface area contributed by atoms with E-state index in [1.807, 2.05) is 0 Å². The number of nitriles is 1. The van der Waals surface area contributed by atoms with Gasteiger partial charge in [-0.15, -0.1) is 0 Å². The van der Waals surface area contributed by atoms with Gasteiger partial charge in [-0.05, 0) is 36.8 Å². The van der Waals surface area contributed by atoms with Gasteiger partial charge in [0.05, 0.1) is 16.8 Å². The first-order valence-corrected chi connectivity index (χ1v) is 9.83. The normalized spacial score (nSPS) is 13.6. The molecule has 1 aromatic heterocycles. The molecule has 0 bridgehead atoms. The number of carbonyl (C=O) groups excluding carboxylic acids is 1. The summed E-state index contributed by atoms with van der Waals surface area (Å²) in [6.45, 7) is 5.51. The smallest absolute Gasteiger partial charge is 0.258 e. The Morgan fingerprint density at radius 3 is 2.40 bits per heavy atom. The Bertz CT molecular complexity index is 1080. The zero-order chi connectivity index (χ0) is 20.9. The highest BCUT2D eigenvalue weighted by atomic mass is 16.1. The van der Waals surface area contributed by atoms with Crippen molar-refractivity contribution in [3.63, 3.8) is 0 Å². The zero-order valence-electron chi connectivity index (χ0n) is 16.7. The maximum atomic E-state index is 12.5. The number of amides is 1. The highest BCUT2D eigenvalue weighted by Gasteiger charge is 2.20. The van der Waals surface area contributed by atoms with Gasteiger partial charge in [-0.1, -0.05) is 24.3 Å². The van der Waals surface area contributed by atoms with Gasteiger partial charge in [-0.2, -0.15) is 5.26 Å². The van der Waals surface area contributed by atoms with E-state index in [2.05, 4.69) is 62.3 Å². The Labute approximate surface area is 175 Å². The number of benzene rings is 2. The third-order valence-corrected chi connectivity index (χ3v) is 5.13. The average Bonchev–Trinajstić information content (AvgIpc) is 2.79. The first-order valence-electron chi connectivity index (χ1n) is 9.83. The molecule has 1 fully saturated rings. The molecule has 0 spiro atoms. The van der Waals surface area contributed by atoms with Crippen molar-refractivity contribution in [1.82, 2.24) is 9.97 Å². The number of nitrogens with one attached hydrogen (secondary N) is 1. The maximum absolute atomic E-state index is 12.5. The molecule has 1 aliphatic rings. The first-order chi connectivity index (χ1) is 14.6. The van der Waals surface area contributed by atoms with Crippen molar-refractivity contribution in [3.05, 3.63) is 77.6 Å². The average molecular weight is 398 g/mol. The fourth-order valence-corrected chi connectivity index (χ4v) is 3.48. The molecule has 2 heterocycles. The van der Waals surface area contributed by atoms with Crippen molar-refractivity contribution in [2.45, 2.75) is 6.92 Å². The van der Waals surface area contributed by atoms with Crippen molar-refractivity contribution in [2.24, 2.45) is 0 Å². The molecule has 0 saturated carbocycles. The number of rotatable bonds is 4. The van der Waals surface area contributed by atoms with E-state index in [0.29, 0.717) is 22.8 Å². The third kappa shape index (κ3) is 4.23.